The van der Waals surface area contributed by atoms with Crippen molar-refractivity contribution in [1.29, 1.82) is 0 Å². The minimum absolute atomic E-state index is 0.0556. The summed E-state index contributed by atoms with van der Waals surface area (Å²) in [4.78, 5) is 0. The van der Waals surface area contributed by atoms with Gasteiger partial charge in [-0.05, 0) is 0 Å². The monoisotopic (exact) mass is 182 g/mol. The van der Waals surface area contributed by atoms with E-state index in [9.17, 15) is 22.0 Å². The number of alkyl halides is 5. The molecule has 5 heteroatoms. The second-order valence-corrected chi connectivity index (χ2v) is 0.732. The van der Waals surface area contributed by atoms with Crippen molar-refractivity contribution in [3.8, 4) is 0 Å². The molecular weight excluding hydrogens is 167 g/mol. The molecule has 0 aromatic carbocycles. The first-order valence-corrected chi connectivity index (χ1v) is 2.67. The molecule has 0 aliphatic carbocycles. The lowest BCUT2D eigenvalue weighted by atomic mass is 10.5. The van der Waals surface area contributed by atoms with Crippen molar-refractivity contribution in [3.05, 3.63) is 0 Å². The minimum Gasteiger partial charge on any atom is -0.255 e. The van der Waals surface area contributed by atoms with Gasteiger partial charge in [-0.15, -0.1) is 0 Å². The zero-order chi connectivity index (χ0) is 10.1. The summed E-state index contributed by atoms with van der Waals surface area (Å²) >= 11 is 0. The van der Waals surface area contributed by atoms with Gasteiger partial charge in [0.2, 0.25) is 0 Å². The van der Waals surface area contributed by atoms with Crippen molar-refractivity contribution in [2.45, 2.75) is 6.42 Å². The maximum absolute atomic E-state index is 10.8. The molecule has 0 heterocycles. The summed E-state index contributed by atoms with van der Waals surface area (Å²) in [6, 6.07) is 0. The van der Waals surface area contributed by atoms with Gasteiger partial charge in [0.25, 0.3) is 0 Å². The molecule has 0 fully saturated rings. The Morgan fingerprint density at radius 3 is 0.818 bits per heavy atom. The molecule has 0 rings (SSSR count). The summed E-state index contributed by atoms with van der Waals surface area (Å²) in [5.74, 6) is 0. The van der Waals surface area contributed by atoms with Gasteiger partial charge in [0, 0.05) is 6.42 Å². The van der Waals surface area contributed by atoms with Crippen LogP contribution in [-0.2, 0) is 0 Å². The zero-order valence-electron chi connectivity index (χ0n) is 7.01. The molecule has 0 amide bonds. The summed E-state index contributed by atoms with van der Waals surface area (Å²) in [5, 5.41) is 0. The smallest absolute Gasteiger partial charge is 0.0919 e. The number of hydrogen-bond acceptors (Lipinski definition) is 0. The molecular formula is C6H15F5. The molecule has 0 atom stereocenters. The fourth-order valence-electron chi connectivity index (χ4n) is 0.0505. The molecule has 0 aliphatic rings. The maximum atomic E-state index is 10.8. The van der Waals surface area contributed by atoms with Crippen molar-refractivity contribution in [1.82, 2.24) is 0 Å². The fraction of sp³-hybridized carbons (Fsp3) is 1.00. The van der Waals surface area contributed by atoms with E-state index < -0.39 is 13.3 Å². The van der Waals surface area contributed by atoms with Gasteiger partial charge in [0.05, 0.1) is 34.9 Å². The molecule has 0 aromatic heterocycles. The summed E-state index contributed by atoms with van der Waals surface area (Å²) < 4.78 is 50.0. The van der Waals surface area contributed by atoms with Crippen LogP contribution in [0.15, 0.2) is 0 Å². The number of hydrogen-bond donors (Lipinski definition) is 0. The van der Waals surface area contributed by atoms with Crippen LogP contribution >= 0.6 is 0 Å². The standard InChI is InChI=1S/C3H6F2.3CH3F/c4-2-1-3-5;3*1-2/h1-3H2;3*1H3. The van der Waals surface area contributed by atoms with Crippen LogP contribution in [0.5, 0.6) is 0 Å². The Morgan fingerprint density at radius 2 is 0.818 bits per heavy atom. The van der Waals surface area contributed by atoms with Crippen LogP contribution in [0.25, 0.3) is 0 Å². The van der Waals surface area contributed by atoms with Crippen molar-refractivity contribution < 1.29 is 22.0 Å². The third-order valence-electron chi connectivity index (χ3n) is 0.267. The lowest BCUT2D eigenvalue weighted by molar-refractivity contribution is 0.398. The first-order chi connectivity index (χ1) is 5.41. The van der Waals surface area contributed by atoms with E-state index in [0.717, 1.165) is 0 Å². The van der Waals surface area contributed by atoms with Gasteiger partial charge in [0.15, 0.2) is 0 Å². The molecule has 0 N–H and O–H groups in total. The van der Waals surface area contributed by atoms with E-state index in [0.29, 0.717) is 21.5 Å². The van der Waals surface area contributed by atoms with Crippen LogP contribution in [-0.4, -0.2) is 34.9 Å². The summed E-state index contributed by atoms with van der Waals surface area (Å²) in [5.41, 5.74) is 0. The van der Waals surface area contributed by atoms with Crippen LogP contribution < -0.4 is 0 Å². The van der Waals surface area contributed by atoms with Crippen LogP contribution in [0, 0.1) is 0 Å². The maximum Gasteiger partial charge on any atom is 0.0919 e. The summed E-state index contributed by atoms with van der Waals surface area (Å²) in [6.45, 7) is -1.06. The van der Waals surface area contributed by atoms with E-state index in [-0.39, 0.29) is 6.42 Å². The van der Waals surface area contributed by atoms with Crippen molar-refractivity contribution in [2.75, 3.05) is 34.9 Å². The Hall–Kier alpha value is -0.350. The number of rotatable bonds is 2. The van der Waals surface area contributed by atoms with Gasteiger partial charge in [-0.2, -0.15) is 0 Å². The van der Waals surface area contributed by atoms with Crippen LogP contribution in [0.3, 0.4) is 0 Å². The Labute approximate surface area is 64.4 Å². The lowest BCUT2D eigenvalue weighted by Crippen LogP contribution is -1.73. The van der Waals surface area contributed by atoms with Gasteiger partial charge in [0.1, 0.15) is 0 Å². The minimum atomic E-state index is -0.531. The lowest BCUT2D eigenvalue weighted by Gasteiger charge is -1.73. The van der Waals surface area contributed by atoms with E-state index in [2.05, 4.69) is 0 Å². The predicted molar refractivity (Wildman–Crippen MR) is 37.7 cm³/mol. The average Bonchev–Trinajstić information content (AvgIpc) is 2.16. The topological polar surface area (TPSA) is 0 Å². The molecule has 0 saturated heterocycles. The first-order valence-electron chi connectivity index (χ1n) is 2.67. The highest BCUT2D eigenvalue weighted by Gasteiger charge is 1.75. The van der Waals surface area contributed by atoms with Crippen molar-refractivity contribution >= 4 is 0 Å². The van der Waals surface area contributed by atoms with Crippen LogP contribution in [0.2, 0.25) is 0 Å². The zero-order valence-corrected chi connectivity index (χ0v) is 7.01. The van der Waals surface area contributed by atoms with Gasteiger partial charge < -0.3 is 0 Å². The van der Waals surface area contributed by atoms with Crippen molar-refractivity contribution in [3.63, 3.8) is 0 Å². The predicted octanol–water partition coefficient (Wildman–Crippen LogP) is 3.07. The molecule has 0 nitrogen and oxygen atoms in total. The quantitative estimate of drug-likeness (QED) is 0.576. The Morgan fingerprint density at radius 1 is 0.636 bits per heavy atom. The molecule has 0 aromatic rings. The van der Waals surface area contributed by atoms with E-state index in [4.69, 9.17) is 0 Å². The Balaban J connectivity index is -0.0000000350. The molecule has 0 saturated carbocycles. The third kappa shape index (κ3) is 207. The van der Waals surface area contributed by atoms with Gasteiger partial charge >= 0.3 is 0 Å². The molecule has 0 bridgehead atoms. The third-order valence-corrected chi connectivity index (χ3v) is 0.267. The molecule has 0 unspecified atom stereocenters. The van der Waals surface area contributed by atoms with Crippen LogP contribution in [0.1, 0.15) is 6.42 Å². The Bertz CT molecular complexity index is 18.4. The van der Waals surface area contributed by atoms with E-state index in [1.54, 1.807) is 0 Å². The van der Waals surface area contributed by atoms with E-state index in [1.165, 1.54) is 0 Å². The second kappa shape index (κ2) is 103. The van der Waals surface area contributed by atoms with E-state index in [1.807, 2.05) is 0 Å². The SMILES string of the molecule is CF.CF.CF.FCCCF. The summed E-state index contributed by atoms with van der Waals surface area (Å²) in [7, 11) is 1.50. The highest BCUT2D eigenvalue weighted by atomic mass is 19.1. The van der Waals surface area contributed by atoms with E-state index >= 15 is 0 Å². The van der Waals surface area contributed by atoms with Crippen molar-refractivity contribution in [2.24, 2.45) is 0 Å². The van der Waals surface area contributed by atoms with Gasteiger partial charge in [-0.1, -0.05) is 0 Å². The fourth-order valence-corrected chi connectivity index (χ4v) is 0.0505. The largest absolute Gasteiger partial charge is 0.255 e. The molecule has 74 valence electrons. The molecule has 0 spiro atoms. The number of halogens is 5. The normalized spacial score (nSPS) is 5.45. The highest BCUT2D eigenvalue weighted by Crippen LogP contribution is 1.77. The van der Waals surface area contributed by atoms with Crippen LogP contribution in [0.4, 0.5) is 22.0 Å². The molecule has 0 radical (unpaired) electrons. The summed E-state index contributed by atoms with van der Waals surface area (Å²) in [6.07, 6.45) is 0.0556. The highest BCUT2D eigenvalue weighted by molar-refractivity contribution is 4.23. The van der Waals surface area contributed by atoms with Gasteiger partial charge in [-0.25, -0.2) is 0 Å². The second-order valence-electron chi connectivity index (χ2n) is 0.732. The average molecular weight is 182 g/mol. The molecule has 11 heavy (non-hydrogen) atoms. The Kier molecular flexibility index (Phi) is 210. The first kappa shape index (κ1) is 22.4. The molecule has 0 aliphatic heterocycles. The van der Waals surface area contributed by atoms with Gasteiger partial charge in [-0.3, -0.25) is 22.0 Å².